The minimum atomic E-state index is -4.74. The molecule has 0 aliphatic carbocycles. The quantitative estimate of drug-likeness (QED) is 0.0230. The zero-order valence-electron chi connectivity index (χ0n) is 48.3. The zero-order valence-corrected chi connectivity index (χ0v) is 49.2. The van der Waals surface area contributed by atoms with E-state index in [0.717, 1.165) is 38.5 Å². The van der Waals surface area contributed by atoms with Gasteiger partial charge in [-0.05, 0) is 37.8 Å². The zero-order chi connectivity index (χ0) is 57.8. The van der Waals surface area contributed by atoms with E-state index in [4.69, 9.17) is 18.5 Å². The molecule has 2 heterocycles. The van der Waals surface area contributed by atoms with Crippen molar-refractivity contribution in [2.75, 3.05) is 65.6 Å². The molecule has 20 nitrogen and oxygen atoms in total. The molecule has 2 rings (SSSR count). The van der Waals surface area contributed by atoms with Crippen LogP contribution in [-0.2, 0) is 64.9 Å². The molecule has 3 unspecified atom stereocenters. The van der Waals surface area contributed by atoms with E-state index in [1.54, 1.807) is 32.9 Å². The highest BCUT2D eigenvalue weighted by atomic mass is 31.2. The van der Waals surface area contributed by atoms with Crippen LogP contribution in [0.4, 0.5) is 0 Å². The monoisotopic (exact) mass is 1140 g/mol. The number of unbranched alkanes of at least 4 members (excludes halogenated alkanes) is 24. The maximum absolute atomic E-state index is 12.9. The number of hydrogen-bond acceptors (Lipinski definition) is 15. The van der Waals surface area contributed by atoms with E-state index in [1.807, 2.05) is 0 Å². The Balaban J connectivity index is 1.86. The average molecular weight is 1140 g/mol. The summed E-state index contributed by atoms with van der Waals surface area (Å²) in [5, 5.41) is 32.1. The van der Waals surface area contributed by atoms with E-state index in [1.165, 1.54) is 116 Å². The SMILES string of the molecule is CCCCCCCCCCCCCCCC(=O)OCC(COP(=O)(O)OCCNC(=O)CCCC(C(=O)O)N1CCN(CC(=O)O)Cc2cccc(n2)CN(CC(=O)O)CC1)OC(=O)CCCCCCCCCCCCCCC. The van der Waals surface area contributed by atoms with Crippen LogP contribution < -0.4 is 5.32 Å². The van der Waals surface area contributed by atoms with Gasteiger partial charge >= 0.3 is 37.7 Å². The molecule has 5 N–H and O–H groups in total. The van der Waals surface area contributed by atoms with Crippen molar-refractivity contribution in [2.45, 2.75) is 238 Å². The number of aliphatic carboxylic acids is 3. The van der Waals surface area contributed by atoms with Crippen molar-refractivity contribution >= 4 is 43.6 Å². The molecule has 2 bridgehead atoms. The Bertz CT molecular complexity index is 1840. The van der Waals surface area contributed by atoms with Crippen LogP contribution in [0.3, 0.4) is 0 Å². The summed E-state index contributed by atoms with van der Waals surface area (Å²) in [5.74, 6) is -4.75. The summed E-state index contributed by atoms with van der Waals surface area (Å²) < 4.78 is 34.3. The van der Waals surface area contributed by atoms with Crippen molar-refractivity contribution < 1.29 is 72.1 Å². The van der Waals surface area contributed by atoms with Crippen LogP contribution in [0.15, 0.2) is 18.2 Å². The molecule has 1 aliphatic rings. The Morgan fingerprint density at radius 2 is 1.03 bits per heavy atom. The minimum absolute atomic E-state index is 0.0390. The number of carbonyl (C=O) groups is 6. The number of nitrogens with zero attached hydrogens (tertiary/aromatic N) is 4. The average Bonchev–Trinajstić information content (AvgIpc) is 3.40. The molecule has 1 aromatic heterocycles. The lowest BCUT2D eigenvalue weighted by molar-refractivity contribution is -0.161. The molecule has 0 saturated carbocycles. The van der Waals surface area contributed by atoms with E-state index in [0.29, 0.717) is 24.2 Å². The highest BCUT2D eigenvalue weighted by Gasteiger charge is 2.29. The van der Waals surface area contributed by atoms with Crippen LogP contribution in [-0.4, -0.2) is 153 Å². The number of nitrogens with one attached hydrogen (secondary N) is 1. The van der Waals surface area contributed by atoms with Gasteiger partial charge in [-0.2, -0.15) is 0 Å². The van der Waals surface area contributed by atoms with Crippen LogP contribution in [0.2, 0.25) is 0 Å². The third kappa shape index (κ3) is 39.1. The summed E-state index contributed by atoms with van der Waals surface area (Å²) in [5.41, 5.74) is 1.18. The van der Waals surface area contributed by atoms with Gasteiger partial charge in [-0.3, -0.25) is 57.5 Å². The standard InChI is InChI=1S/C58H102N5O15P/c1-3-5-7-9-11-13-15-17-19-21-23-25-27-35-56(69)75-47-51(78-57(70)36-28-26-24-22-20-18-16-14-12-10-8-6-4-2)48-77-79(73,74)76-42-37-59-53(64)34-30-33-52(58(71)72)63-40-38-61(45-54(65)66)43-49-31-29-32-50(60-49)44-62(39-41-63)46-55(67)68/h29,31-32,51-52H,3-28,30,33-48H2,1-2H3,(H,59,64)(H,65,66)(H,67,68)(H,71,72)(H,73,74). The number of rotatable bonds is 48. The summed E-state index contributed by atoms with van der Waals surface area (Å²) in [6.45, 7) is 3.27. The second-order valence-corrected chi connectivity index (χ2v) is 22.8. The maximum Gasteiger partial charge on any atom is 0.472 e. The first kappa shape index (κ1) is 71.1. The Morgan fingerprint density at radius 1 is 0.582 bits per heavy atom. The van der Waals surface area contributed by atoms with Gasteiger partial charge in [0.1, 0.15) is 12.6 Å². The number of ether oxygens (including phenoxy) is 2. The first-order chi connectivity index (χ1) is 38.1. The molecule has 1 aromatic rings. The fourth-order valence-corrected chi connectivity index (χ4v) is 10.5. The predicted octanol–water partition coefficient (Wildman–Crippen LogP) is 10.5. The molecule has 0 fully saturated rings. The van der Waals surface area contributed by atoms with E-state index in [9.17, 15) is 53.5 Å². The van der Waals surface area contributed by atoms with Gasteiger partial charge in [-0.1, -0.05) is 174 Å². The first-order valence-corrected chi connectivity index (χ1v) is 31.6. The third-order valence-electron chi connectivity index (χ3n) is 14.2. The van der Waals surface area contributed by atoms with Gasteiger partial charge in [0.05, 0.1) is 37.7 Å². The van der Waals surface area contributed by atoms with Crippen molar-refractivity contribution in [3.63, 3.8) is 0 Å². The molecule has 0 saturated heterocycles. The summed E-state index contributed by atoms with van der Waals surface area (Å²) in [6.07, 6.45) is 29.5. The van der Waals surface area contributed by atoms with Crippen LogP contribution >= 0.6 is 7.82 Å². The molecule has 79 heavy (non-hydrogen) atoms. The van der Waals surface area contributed by atoms with E-state index < -0.39 is 68.9 Å². The molecule has 1 aliphatic heterocycles. The first-order valence-electron chi connectivity index (χ1n) is 30.1. The highest BCUT2D eigenvalue weighted by Crippen LogP contribution is 2.43. The molecule has 3 atom stereocenters. The van der Waals surface area contributed by atoms with Crippen LogP contribution in [0.5, 0.6) is 0 Å². The van der Waals surface area contributed by atoms with Crippen LogP contribution in [0.25, 0.3) is 0 Å². The van der Waals surface area contributed by atoms with Crippen LogP contribution in [0.1, 0.15) is 224 Å². The van der Waals surface area contributed by atoms with Gasteiger partial charge in [0.25, 0.3) is 0 Å². The second kappa shape index (κ2) is 45.6. The smallest absolute Gasteiger partial charge is 0.472 e. The highest BCUT2D eigenvalue weighted by molar-refractivity contribution is 7.47. The Morgan fingerprint density at radius 3 is 1.47 bits per heavy atom. The Labute approximate surface area is 472 Å². The lowest BCUT2D eigenvalue weighted by Gasteiger charge is -2.33. The molecule has 454 valence electrons. The largest absolute Gasteiger partial charge is 0.480 e. The summed E-state index contributed by atoms with van der Waals surface area (Å²) in [6, 6.07) is 4.19. The minimum Gasteiger partial charge on any atom is -0.480 e. The van der Waals surface area contributed by atoms with Gasteiger partial charge in [0, 0.05) is 65.1 Å². The number of hydrogen-bond donors (Lipinski definition) is 5. The topological polar surface area (TPSA) is 272 Å². The van der Waals surface area contributed by atoms with E-state index in [-0.39, 0.29) is 97.6 Å². The number of fused-ring (bicyclic) bond motifs is 2. The normalized spacial score (nSPS) is 15.3. The van der Waals surface area contributed by atoms with E-state index >= 15 is 0 Å². The van der Waals surface area contributed by atoms with Gasteiger partial charge in [-0.25, -0.2) is 4.57 Å². The van der Waals surface area contributed by atoms with Crippen LogP contribution in [0, 0.1) is 0 Å². The van der Waals surface area contributed by atoms with E-state index in [2.05, 4.69) is 24.1 Å². The summed E-state index contributed by atoms with van der Waals surface area (Å²) in [4.78, 5) is 94.7. The fraction of sp³-hybridized carbons (Fsp3) is 0.810. The van der Waals surface area contributed by atoms with Crippen molar-refractivity contribution in [3.05, 3.63) is 29.6 Å². The molecule has 0 aromatic carbocycles. The number of carboxylic acids is 3. The second-order valence-electron chi connectivity index (χ2n) is 21.3. The Kier molecular flexibility index (Phi) is 41.0. The van der Waals surface area contributed by atoms with Gasteiger partial charge in [0.2, 0.25) is 5.91 Å². The molecular weight excluding hydrogens is 1040 g/mol. The number of amides is 1. The molecule has 21 heteroatoms. The molecule has 1 amide bonds. The molecule has 0 radical (unpaired) electrons. The lowest BCUT2D eigenvalue weighted by Crippen LogP contribution is -2.49. The lowest BCUT2D eigenvalue weighted by atomic mass is 10.0. The fourth-order valence-electron chi connectivity index (χ4n) is 9.70. The third-order valence-corrected chi connectivity index (χ3v) is 15.2. The molecule has 0 spiro atoms. The van der Waals surface area contributed by atoms with Crippen molar-refractivity contribution in [1.29, 1.82) is 0 Å². The van der Waals surface area contributed by atoms with Crippen molar-refractivity contribution in [1.82, 2.24) is 25.0 Å². The number of aromatic nitrogens is 1. The number of esters is 2. The van der Waals surface area contributed by atoms with Crippen molar-refractivity contribution in [3.8, 4) is 0 Å². The maximum atomic E-state index is 12.9. The molecular formula is C58H102N5O15P. The van der Waals surface area contributed by atoms with Gasteiger partial charge < -0.3 is 35.0 Å². The van der Waals surface area contributed by atoms with Crippen molar-refractivity contribution in [2.24, 2.45) is 0 Å². The summed E-state index contributed by atoms with van der Waals surface area (Å²) in [7, 11) is -4.74. The predicted molar refractivity (Wildman–Crippen MR) is 303 cm³/mol. The number of carboxylic acid groups (broad SMARTS) is 3. The number of pyridine rings is 1. The number of carbonyl (C=O) groups excluding carboxylic acids is 3. The number of phosphoric acid groups is 1. The van der Waals surface area contributed by atoms with Gasteiger partial charge in [-0.15, -0.1) is 0 Å². The summed E-state index contributed by atoms with van der Waals surface area (Å²) >= 11 is 0. The Hall–Kier alpha value is -4.04. The van der Waals surface area contributed by atoms with Gasteiger partial charge in [0.15, 0.2) is 6.10 Å². The number of phosphoric ester groups is 1.